The molecular weight excluding hydrogens is 651 g/mol. The van der Waals surface area contributed by atoms with E-state index < -0.39 is 0 Å². The zero-order chi connectivity index (χ0) is 33.0. The molecule has 0 aliphatic rings. The molecule has 10 aromatic rings. The number of hydrogen-bond acceptors (Lipinski definition) is 7. The van der Waals surface area contributed by atoms with Crippen LogP contribution in [0.4, 0.5) is 0 Å². The number of fused-ring (bicyclic) bond motifs is 6. The van der Waals surface area contributed by atoms with Gasteiger partial charge in [0, 0.05) is 58.1 Å². The van der Waals surface area contributed by atoms with Crippen LogP contribution in [0.3, 0.4) is 0 Å². The summed E-state index contributed by atoms with van der Waals surface area (Å²) in [4.78, 5) is 25.4. The van der Waals surface area contributed by atoms with Crippen molar-refractivity contribution < 1.29 is 0 Å². The summed E-state index contributed by atoms with van der Waals surface area (Å²) in [5.74, 6) is 2.67. The summed E-state index contributed by atoms with van der Waals surface area (Å²) in [7, 11) is 0. The van der Waals surface area contributed by atoms with Crippen LogP contribution >= 0.6 is 22.7 Å². The molecule has 50 heavy (non-hydrogen) atoms. The minimum absolute atomic E-state index is 0.651. The highest BCUT2D eigenvalue weighted by molar-refractivity contribution is 7.26. The molecule has 5 nitrogen and oxygen atoms in total. The number of thiophene rings is 2. The predicted octanol–water partition coefficient (Wildman–Crippen LogP) is 11.7. The van der Waals surface area contributed by atoms with E-state index in [0.717, 1.165) is 64.3 Å². The molecule has 234 valence electrons. The van der Waals surface area contributed by atoms with Crippen molar-refractivity contribution in [1.29, 1.82) is 0 Å². The SMILES string of the molecule is c1ccc(-c2nc(-c3ccccc3)nc(-c3cccc4c3sc3cc(-c5nc(-c6ccccc6)c6sc7ccccc7c6n5)ccc34)n2)cc1. The van der Waals surface area contributed by atoms with Crippen molar-refractivity contribution in [2.45, 2.75) is 0 Å². The van der Waals surface area contributed by atoms with E-state index in [4.69, 9.17) is 24.9 Å². The third-order valence-electron chi connectivity index (χ3n) is 8.96. The van der Waals surface area contributed by atoms with E-state index in [-0.39, 0.29) is 0 Å². The van der Waals surface area contributed by atoms with Crippen molar-refractivity contribution in [2.75, 3.05) is 0 Å². The Morgan fingerprint density at radius 1 is 0.340 bits per heavy atom. The molecule has 0 unspecified atom stereocenters. The Bertz CT molecular complexity index is 2810. The van der Waals surface area contributed by atoms with Gasteiger partial charge >= 0.3 is 0 Å². The van der Waals surface area contributed by atoms with Crippen LogP contribution in [0.2, 0.25) is 0 Å². The molecule has 0 aliphatic carbocycles. The second-order valence-electron chi connectivity index (χ2n) is 12.1. The molecule has 7 heteroatoms. The van der Waals surface area contributed by atoms with Gasteiger partial charge in [0.2, 0.25) is 0 Å². The van der Waals surface area contributed by atoms with Gasteiger partial charge in [0.05, 0.1) is 15.9 Å². The lowest BCUT2D eigenvalue weighted by atomic mass is 10.1. The number of hydrogen-bond donors (Lipinski definition) is 0. The first kappa shape index (κ1) is 28.8. The molecule has 0 saturated heterocycles. The van der Waals surface area contributed by atoms with Gasteiger partial charge in [-0.25, -0.2) is 24.9 Å². The van der Waals surface area contributed by atoms with Crippen molar-refractivity contribution >= 4 is 63.1 Å². The van der Waals surface area contributed by atoms with Gasteiger partial charge in [0.15, 0.2) is 23.3 Å². The fourth-order valence-corrected chi connectivity index (χ4v) is 8.96. The highest BCUT2D eigenvalue weighted by Crippen LogP contribution is 2.43. The van der Waals surface area contributed by atoms with E-state index in [0.29, 0.717) is 17.5 Å². The zero-order valence-corrected chi connectivity index (χ0v) is 28.1. The van der Waals surface area contributed by atoms with Crippen molar-refractivity contribution in [2.24, 2.45) is 0 Å². The summed E-state index contributed by atoms with van der Waals surface area (Å²) in [5.41, 5.74) is 6.91. The Morgan fingerprint density at radius 3 is 1.64 bits per heavy atom. The lowest BCUT2D eigenvalue weighted by Gasteiger charge is -2.09. The zero-order valence-electron chi connectivity index (χ0n) is 26.5. The maximum Gasteiger partial charge on any atom is 0.165 e. The fraction of sp³-hybridized carbons (Fsp3) is 0. The molecule has 4 aromatic heterocycles. The summed E-state index contributed by atoms with van der Waals surface area (Å²) in [6.45, 7) is 0. The van der Waals surface area contributed by atoms with Gasteiger partial charge in [-0.15, -0.1) is 22.7 Å². The average Bonchev–Trinajstić information content (AvgIpc) is 3.76. The minimum atomic E-state index is 0.651. The first-order chi connectivity index (χ1) is 24.8. The van der Waals surface area contributed by atoms with Gasteiger partial charge in [0.25, 0.3) is 0 Å². The molecule has 0 atom stereocenters. The quantitative estimate of drug-likeness (QED) is 0.182. The van der Waals surface area contributed by atoms with E-state index in [1.54, 1.807) is 22.7 Å². The second-order valence-corrected chi connectivity index (χ2v) is 14.2. The van der Waals surface area contributed by atoms with E-state index in [9.17, 15) is 0 Å². The van der Waals surface area contributed by atoms with Gasteiger partial charge in [-0.3, -0.25) is 0 Å². The van der Waals surface area contributed by atoms with Gasteiger partial charge in [-0.05, 0) is 18.2 Å². The van der Waals surface area contributed by atoms with Crippen molar-refractivity contribution in [1.82, 2.24) is 24.9 Å². The molecular formula is C43H25N5S2. The van der Waals surface area contributed by atoms with Crippen molar-refractivity contribution in [3.05, 3.63) is 152 Å². The molecule has 0 fully saturated rings. The Balaban J connectivity index is 1.15. The Kier molecular flexibility index (Phi) is 6.79. The second kappa shape index (κ2) is 11.8. The third-order valence-corrected chi connectivity index (χ3v) is 11.3. The van der Waals surface area contributed by atoms with Gasteiger partial charge in [0.1, 0.15) is 0 Å². The Labute approximate surface area is 295 Å². The number of aromatic nitrogens is 5. The number of benzene rings is 6. The number of rotatable bonds is 5. The third kappa shape index (κ3) is 4.86. The van der Waals surface area contributed by atoms with Crippen LogP contribution in [0.25, 0.3) is 97.3 Å². The van der Waals surface area contributed by atoms with Gasteiger partial charge < -0.3 is 0 Å². The molecule has 0 aliphatic heterocycles. The normalized spacial score (nSPS) is 11.6. The summed E-state index contributed by atoms with van der Waals surface area (Å²) < 4.78 is 4.61. The minimum Gasteiger partial charge on any atom is -0.226 e. The molecule has 0 bridgehead atoms. The molecule has 0 saturated carbocycles. The van der Waals surface area contributed by atoms with Crippen LogP contribution < -0.4 is 0 Å². The maximum atomic E-state index is 5.22. The van der Waals surface area contributed by atoms with E-state index >= 15 is 0 Å². The van der Waals surface area contributed by atoms with E-state index in [1.807, 2.05) is 66.7 Å². The Hall–Kier alpha value is -6.15. The Morgan fingerprint density at radius 2 is 0.920 bits per heavy atom. The number of nitrogens with zero attached hydrogens (tertiary/aromatic N) is 5. The molecule has 4 heterocycles. The van der Waals surface area contributed by atoms with Crippen LogP contribution in [0.1, 0.15) is 0 Å². The van der Waals surface area contributed by atoms with Crippen molar-refractivity contribution in [3.8, 4) is 56.8 Å². The standard InChI is InChI=1S/C43H25N5S2/c1-4-13-26(14-5-1)36-39-37(32-19-10-11-22-34(32)49-39)45-42(44-36)29-23-24-30-31-20-12-21-33(38(31)50-35(30)25-29)43-47-40(27-15-6-2-7-16-27)46-41(48-43)28-17-8-3-9-18-28/h1-25H. The highest BCUT2D eigenvalue weighted by atomic mass is 32.1. The molecule has 10 rings (SSSR count). The molecule has 0 amide bonds. The topological polar surface area (TPSA) is 64.5 Å². The fourth-order valence-electron chi connectivity index (χ4n) is 6.55. The van der Waals surface area contributed by atoms with Crippen LogP contribution in [0, 0.1) is 0 Å². The summed E-state index contributed by atoms with van der Waals surface area (Å²) in [6.07, 6.45) is 0. The van der Waals surface area contributed by atoms with Gasteiger partial charge in [-0.1, -0.05) is 133 Å². The van der Waals surface area contributed by atoms with E-state index in [1.165, 1.54) is 15.5 Å². The van der Waals surface area contributed by atoms with Crippen LogP contribution in [0.5, 0.6) is 0 Å². The maximum absolute atomic E-state index is 5.22. The predicted molar refractivity (Wildman–Crippen MR) is 208 cm³/mol. The lowest BCUT2D eigenvalue weighted by molar-refractivity contribution is 1.08. The molecule has 6 aromatic carbocycles. The highest BCUT2D eigenvalue weighted by Gasteiger charge is 2.19. The summed E-state index contributed by atoms with van der Waals surface area (Å²) >= 11 is 3.50. The summed E-state index contributed by atoms with van der Waals surface area (Å²) in [6, 6.07) is 52.1. The van der Waals surface area contributed by atoms with Crippen LogP contribution in [-0.4, -0.2) is 24.9 Å². The van der Waals surface area contributed by atoms with Gasteiger partial charge in [-0.2, -0.15) is 0 Å². The molecule has 0 N–H and O–H groups in total. The first-order valence-corrected chi connectivity index (χ1v) is 18.0. The average molecular weight is 676 g/mol. The van der Waals surface area contributed by atoms with Crippen LogP contribution in [-0.2, 0) is 0 Å². The monoisotopic (exact) mass is 675 g/mol. The molecule has 0 spiro atoms. The van der Waals surface area contributed by atoms with Crippen LogP contribution in [0.15, 0.2) is 152 Å². The lowest BCUT2D eigenvalue weighted by Crippen LogP contribution is -2.00. The van der Waals surface area contributed by atoms with E-state index in [2.05, 4.69) is 84.9 Å². The van der Waals surface area contributed by atoms with Crippen molar-refractivity contribution in [3.63, 3.8) is 0 Å². The largest absolute Gasteiger partial charge is 0.226 e. The first-order valence-electron chi connectivity index (χ1n) is 16.3. The summed E-state index contributed by atoms with van der Waals surface area (Å²) in [5, 5.41) is 3.51. The molecule has 0 radical (unpaired) electrons. The smallest absolute Gasteiger partial charge is 0.165 e.